The Bertz CT molecular complexity index is 1870. The summed E-state index contributed by atoms with van der Waals surface area (Å²) >= 11 is 0. The van der Waals surface area contributed by atoms with E-state index in [9.17, 15) is 14.4 Å². The standard InChI is InChI=1S/C76H120O6/c1-4-7-10-13-16-19-22-25-27-29-30-31-32-33-34-35-36-37-38-39-40-41-42-43-44-45-46-47-49-51-54-57-60-63-66-69-75(78)81-72-73(71-80-74(77)68-65-62-59-56-53-50-24-21-18-15-12-9-6-3)82-76(79)70-67-64-61-58-55-52-48-28-26-23-20-17-14-11-8-5-2/h7,9-10,12,16,18-19,21,25,27,30-31,33-34,36-37,39-40,42-43,45-46,49-51,53,59,62,73H,4-6,8,11,13-15,17,20,22-24,26,28-29,32,35,38,41,44,47-48,52,54-58,60-61,63-72H2,1-3H3/b10-7-,12-9-,19-16-,21-18-,27-25-,31-30-,34-33-,37-36-,40-39-,43-42-,46-45-,51-49-,53-50-,62-59-. The Hall–Kier alpha value is -5.23. The van der Waals surface area contributed by atoms with Gasteiger partial charge in [-0.3, -0.25) is 14.4 Å². The van der Waals surface area contributed by atoms with E-state index in [1.807, 2.05) is 12.2 Å². The molecule has 6 nitrogen and oxygen atoms in total. The third kappa shape index (κ3) is 65.6. The van der Waals surface area contributed by atoms with E-state index < -0.39 is 6.10 Å². The summed E-state index contributed by atoms with van der Waals surface area (Å²) in [7, 11) is 0. The van der Waals surface area contributed by atoms with Gasteiger partial charge in [0.2, 0.25) is 0 Å². The molecule has 0 bridgehead atoms. The van der Waals surface area contributed by atoms with Gasteiger partial charge in [-0.25, -0.2) is 0 Å². The SMILES string of the molecule is CC/C=C\C/C=C\C/C=C\C/C=C\C/C=C\C/C=C\C/C=C\C/C=C\C/C=C\C/C=C\CCCCCCC(=O)OCC(COC(=O)CC/C=C\C/C=C\C/C=C\C/C=C\CC)OC(=O)CCCCCCCCCCCCCCCCCC. The molecule has 1 unspecified atom stereocenters. The molecule has 1 atom stereocenters. The molecule has 6 heteroatoms. The van der Waals surface area contributed by atoms with Crippen LogP contribution in [0.3, 0.4) is 0 Å². The van der Waals surface area contributed by atoms with Gasteiger partial charge >= 0.3 is 17.9 Å². The number of carbonyl (C=O) groups excluding carboxylic acids is 3. The van der Waals surface area contributed by atoms with Crippen LogP contribution in [-0.4, -0.2) is 37.2 Å². The number of hydrogen-bond donors (Lipinski definition) is 0. The molecule has 0 heterocycles. The summed E-state index contributed by atoms with van der Waals surface area (Å²) in [5, 5.41) is 0. The van der Waals surface area contributed by atoms with Gasteiger partial charge in [0.1, 0.15) is 13.2 Å². The van der Waals surface area contributed by atoms with Crippen molar-refractivity contribution in [1.29, 1.82) is 0 Å². The van der Waals surface area contributed by atoms with Crippen molar-refractivity contribution in [2.24, 2.45) is 0 Å². The Morgan fingerprint density at radius 3 is 0.817 bits per heavy atom. The monoisotopic (exact) mass is 1130 g/mol. The lowest BCUT2D eigenvalue weighted by molar-refractivity contribution is -0.166. The van der Waals surface area contributed by atoms with Gasteiger partial charge in [-0.05, 0) is 122 Å². The van der Waals surface area contributed by atoms with Gasteiger partial charge in [-0.2, -0.15) is 0 Å². The summed E-state index contributed by atoms with van der Waals surface area (Å²) in [6, 6.07) is 0. The third-order valence-electron chi connectivity index (χ3n) is 13.5. The molecule has 82 heavy (non-hydrogen) atoms. The van der Waals surface area contributed by atoms with Crippen LogP contribution in [0.25, 0.3) is 0 Å². The molecule has 0 aromatic rings. The lowest BCUT2D eigenvalue weighted by atomic mass is 10.0. The van der Waals surface area contributed by atoms with Crippen molar-refractivity contribution in [2.75, 3.05) is 13.2 Å². The van der Waals surface area contributed by atoms with E-state index in [0.717, 1.165) is 141 Å². The Kier molecular flexibility index (Phi) is 63.9. The average molecular weight is 1130 g/mol. The molecule has 0 amide bonds. The maximum absolute atomic E-state index is 12.9. The lowest BCUT2D eigenvalue weighted by Crippen LogP contribution is -2.30. The van der Waals surface area contributed by atoms with E-state index >= 15 is 0 Å². The normalized spacial score (nSPS) is 13.3. The van der Waals surface area contributed by atoms with Crippen molar-refractivity contribution in [3.8, 4) is 0 Å². The molecule has 460 valence electrons. The molecule has 0 aliphatic heterocycles. The smallest absolute Gasteiger partial charge is 0.306 e. The molecule has 0 N–H and O–H groups in total. The quantitative estimate of drug-likeness (QED) is 0.0261. The number of allylic oxidation sites excluding steroid dienone is 28. The Morgan fingerprint density at radius 2 is 0.500 bits per heavy atom. The van der Waals surface area contributed by atoms with Crippen LogP contribution in [0.15, 0.2) is 170 Å². The second-order valence-electron chi connectivity index (χ2n) is 21.3. The van der Waals surface area contributed by atoms with Gasteiger partial charge in [0.05, 0.1) is 0 Å². The first kappa shape index (κ1) is 76.8. The maximum Gasteiger partial charge on any atom is 0.306 e. The zero-order valence-electron chi connectivity index (χ0n) is 52.7. The van der Waals surface area contributed by atoms with Crippen LogP contribution >= 0.6 is 0 Å². The molecule has 0 radical (unpaired) electrons. The predicted molar refractivity (Wildman–Crippen MR) is 357 cm³/mol. The fourth-order valence-corrected chi connectivity index (χ4v) is 8.60. The fourth-order valence-electron chi connectivity index (χ4n) is 8.60. The van der Waals surface area contributed by atoms with Crippen molar-refractivity contribution < 1.29 is 28.6 Å². The van der Waals surface area contributed by atoms with Gasteiger partial charge in [-0.15, -0.1) is 0 Å². The molecule has 0 aliphatic carbocycles. The Balaban J connectivity index is 4.37. The highest BCUT2D eigenvalue weighted by atomic mass is 16.6. The first-order chi connectivity index (χ1) is 40.5. The van der Waals surface area contributed by atoms with Crippen molar-refractivity contribution >= 4 is 17.9 Å². The van der Waals surface area contributed by atoms with E-state index in [0.29, 0.717) is 19.3 Å². The molecule has 0 spiro atoms. The summed E-state index contributed by atoms with van der Waals surface area (Å²) in [5.41, 5.74) is 0. The maximum atomic E-state index is 12.9. The van der Waals surface area contributed by atoms with Gasteiger partial charge in [0, 0.05) is 19.3 Å². The van der Waals surface area contributed by atoms with Crippen LogP contribution in [0.4, 0.5) is 0 Å². The molecule has 0 aromatic heterocycles. The first-order valence-electron chi connectivity index (χ1n) is 33.1. The van der Waals surface area contributed by atoms with E-state index in [4.69, 9.17) is 14.2 Å². The van der Waals surface area contributed by atoms with Crippen molar-refractivity contribution in [2.45, 2.75) is 277 Å². The summed E-state index contributed by atoms with van der Waals surface area (Å²) in [6.45, 7) is 6.33. The van der Waals surface area contributed by atoms with Crippen LogP contribution in [0.2, 0.25) is 0 Å². The third-order valence-corrected chi connectivity index (χ3v) is 13.5. The highest BCUT2D eigenvalue weighted by Crippen LogP contribution is 2.15. The van der Waals surface area contributed by atoms with Gasteiger partial charge < -0.3 is 14.2 Å². The summed E-state index contributed by atoms with van der Waals surface area (Å²) in [6.07, 6.45) is 101. The van der Waals surface area contributed by atoms with Gasteiger partial charge in [-0.1, -0.05) is 300 Å². The number of carbonyl (C=O) groups is 3. The van der Waals surface area contributed by atoms with Crippen molar-refractivity contribution in [3.63, 3.8) is 0 Å². The van der Waals surface area contributed by atoms with E-state index in [2.05, 4.69) is 179 Å². The molecule has 0 aliphatic rings. The first-order valence-corrected chi connectivity index (χ1v) is 33.1. The summed E-state index contributed by atoms with van der Waals surface area (Å²) in [4.78, 5) is 38.2. The van der Waals surface area contributed by atoms with Crippen LogP contribution in [0.1, 0.15) is 271 Å². The van der Waals surface area contributed by atoms with Crippen LogP contribution in [0.5, 0.6) is 0 Å². The van der Waals surface area contributed by atoms with E-state index in [-0.39, 0.29) is 37.5 Å². The minimum absolute atomic E-state index is 0.118. The summed E-state index contributed by atoms with van der Waals surface area (Å²) in [5.74, 6) is -1.03. The number of rotatable bonds is 58. The molecular weight excluding hydrogens is 1010 g/mol. The molecule has 0 rings (SSSR count). The number of esters is 3. The largest absolute Gasteiger partial charge is 0.462 e. The van der Waals surface area contributed by atoms with Crippen LogP contribution < -0.4 is 0 Å². The zero-order chi connectivity index (χ0) is 59.2. The second kappa shape index (κ2) is 68.3. The molecule has 0 saturated carbocycles. The highest BCUT2D eigenvalue weighted by molar-refractivity contribution is 5.71. The highest BCUT2D eigenvalue weighted by Gasteiger charge is 2.19. The van der Waals surface area contributed by atoms with Gasteiger partial charge in [0.15, 0.2) is 6.10 Å². The van der Waals surface area contributed by atoms with E-state index in [1.54, 1.807) is 0 Å². The van der Waals surface area contributed by atoms with Crippen LogP contribution in [0, 0.1) is 0 Å². The van der Waals surface area contributed by atoms with Crippen molar-refractivity contribution in [3.05, 3.63) is 170 Å². The summed E-state index contributed by atoms with van der Waals surface area (Å²) < 4.78 is 16.8. The topological polar surface area (TPSA) is 78.9 Å². The number of ether oxygens (including phenoxy) is 3. The fraction of sp³-hybridized carbons (Fsp3) is 0.592. The van der Waals surface area contributed by atoms with E-state index in [1.165, 1.54) is 83.5 Å². The lowest BCUT2D eigenvalue weighted by Gasteiger charge is -2.18. The predicted octanol–water partition coefficient (Wildman–Crippen LogP) is 23.0. The zero-order valence-corrected chi connectivity index (χ0v) is 52.7. The Labute approximate surface area is 504 Å². The number of unbranched alkanes of at least 4 members (excludes halogenated alkanes) is 19. The molecule has 0 fully saturated rings. The average Bonchev–Trinajstić information content (AvgIpc) is 3.47. The molecule has 0 saturated heterocycles. The van der Waals surface area contributed by atoms with Gasteiger partial charge in [0.25, 0.3) is 0 Å². The number of hydrogen-bond acceptors (Lipinski definition) is 6. The minimum Gasteiger partial charge on any atom is -0.462 e. The second-order valence-corrected chi connectivity index (χ2v) is 21.3. The minimum atomic E-state index is -0.824. The van der Waals surface area contributed by atoms with Crippen LogP contribution in [-0.2, 0) is 28.6 Å². The van der Waals surface area contributed by atoms with Crippen molar-refractivity contribution in [1.82, 2.24) is 0 Å². The Morgan fingerprint density at radius 1 is 0.256 bits per heavy atom. The molecule has 0 aromatic carbocycles. The molecular formula is C76H120O6.